The van der Waals surface area contributed by atoms with Crippen LogP contribution >= 0.6 is 0 Å². The molecule has 0 bridgehead atoms. The molecule has 1 rings (SSSR count). The van der Waals surface area contributed by atoms with Gasteiger partial charge in [-0.1, -0.05) is 0 Å². The predicted molar refractivity (Wildman–Crippen MR) is 58.8 cm³/mol. The van der Waals surface area contributed by atoms with E-state index in [0.717, 1.165) is 6.42 Å². The molecule has 5 heteroatoms. The maximum absolute atomic E-state index is 11.6. The number of amides is 2. The fourth-order valence-corrected chi connectivity index (χ4v) is 1.78. The Labute approximate surface area is 94.8 Å². The van der Waals surface area contributed by atoms with Crippen molar-refractivity contribution in [3.63, 3.8) is 0 Å². The third-order valence-electron chi connectivity index (χ3n) is 2.58. The van der Waals surface area contributed by atoms with E-state index in [1.165, 1.54) is 0 Å². The zero-order valence-corrected chi connectivity index (χ0v) is 9.11. The summed E-state index contributed by atoms with van der Waals surface area (Å²) in [5, 5.41) is 11.3. The molecule has 1 fully saturated rings. The molecular weight excluding hydrogens is 208 g/mol. The number of terminal acetylenes is 1. The summed E-state index contributed by atoms with van der Waals surface area (Å²) in [5.74, 6) is 1.71. The van der Waals surface area contributed by atoms with E-state index < -0.39 is 5.97 Å². The SMILES string of the molecule is C#CCCNC(=O)N1CCC(CC(=O)O)C1. The molecule has 1 unspecified atom stereocenters. The van der Waals surface area contributed by atoms with Crippen LogP contribution < -0.4 is 5.32 Å². The lowest BCUT2D eigenvalue weighted by Gasteiger charge is -2.16. The van der Waals surface area contributed by atoms with Crippen LogP contribution in [0.3, 0.4) is 0 Å². The van der Waals surface area contributed by atoms with Crippen molar-refractivity contribution in [1.82, 2.24) is 10.2 Å². The number of carboxylic acids is 1. The first-order valence-corrected chi connectivity index (χ1v) is 5.31. The van der Waals surface area contributed by atoms with Crippen molar-refractivity contribution < 1.29 is 14.7 Å². The van der Waals surface area contributed by atoms with E-state index in [1.54, 1.807) is 4.90 Å². The number of likely N-dealkylation sites (tertiary alicyclic amines) is 1. The van der Waals surface area contributed by atoms with Crippen LogP contribution in [0, 0.1) is 18.3 Å². The Bertz CT molecular complexity index is 309. The smallest absolute Gasteiger partial charge is 0.317 e. The number of carbonyl (C=O) groups excluding carboxylic acids is 1. The second kappa shape index (κ2) is 6.01. The number of carboxylic acid groups (broad SMARTS) is 1. The van der Waals surface area contributed by atoms with Crippen molar-refractivity contribution in [2.45, 2.75) is 19.3 Å². The maximum Gasteiger partial charge on any atom is 0.317 e. The molecule has 0 aliphatic carbocycles. The Morgan fingerprint density at radius 1 is 1.56 bits per heavy atom. The highest BCUT2D eigenvalue weighted by Gasteiger charge is 2.27. The molecule has 1 saturated heterocycles. The highest BCUT2D eigenvalue weighted by molar-refractivity contribution is 5.74. The predicted octanol–water partition coefficient (Wildman–Crippen LogP) is 0.516. The molecule has 2 amide bonds. The van der Waals surface area contributed by atoms with Gasteiger partial charge in [0.05, 0.1) is 0 Å². The van der Waals surface area contributed by atoms with Gasteiger partial charge in [0.15, 0.2) is 0 Å². The normalized spacial score (nSPS) is 19.2. The van der Waals surface area contributed by atoms with Crippen molar-refractivity contribution in [3.05, 3.63) is 0 Å². The van der Waals surface area contributed by atoms with E-state index in [-0.39, 0.29) is 18.4 Å². The van der Waals surface area contributed by atoms with Gasteiger partial charge in [-0.05, 0) is 12.3 Å². The highest BCUT2D eigenvalue weighted by Crippen LogP contribution is 2.19. The molecule has 0 aromatic heterocycles. The Hall–Kier alpha value is -1.70. The average molecular weight is 224 g/mol. The van der Waals surface area contributed by atoms with Gasteiger partial charge in [-0.3, -0.25) is 4.79 Å². The summed E-state index contributed by atoms with van der Waals surface area (Å²) in [6.07, 6.45) is 6.47. The van der Waals surface area contributed by atoms with Gasteiger partial charge in [0.1, 0.15) is 0 Å². The Kier molecular flexibility index (Phi) is 4.65. The topological polar surface area (TPSA) is 69.6 Å². The molecule has 1 atom stereocenters. The minimum absolute atomic E-state index is 0.0795. The lowest BCUT2D eigenvalue weighted by Crippen LogP contribution is -2.38. The number of hydrogen-bond acceptors (Lipinski definition) is 2. The van der Waals surface area contributed by atoms with E-state index in [4.69, 9.17) is 11.5 Å². The first-order chi connectivity index (χ1) is 7.63. The molecule has 0 radical (unpaired) electrons. The van der Waals surface area contributed by atoms with Crippen molar-refractivity contribution in [2.75, 3.05) is 19.6 Å². The largest absolute Gasteiger partial charge is 0.481 e. The molecule has 16 heavy (non-hydrogen) atoms. The second-order valence-corrected chi connectivity index (χ2v) is 3.88. The molecule has 0 aromatic rings. The van der Waals surface area contributed by atoms with Gasteiger partial charge in [-0.2, -0.15) is 0 Å². The van der Waals surface area contributed by atoms with E-state index in [1.807, 2.05) is 0 Å². The molecule has 0 spiro atoms. The maximum atomic E-state index is 11.6. The van der Waals surface area contributed by atoms with Crippen molar-refractivity contribution in [3.8, 4) is 12.3 Å². The van der Waals surface area contributed by atoms with Crippen LogP contribution in [0.15, 0.2) is 0 Å². The summed E-state index contributed by atoms with van der Waals surface area (Å²) in [5.41, 5.74) is 0. The second-order valence-electron chi connectivity index (χ2n) is 3.88. The number of aliphatic carboxylic acids is 1. The summed E-state index contributed by atoms with van der Waals surface area (Å²) in [7, 11) is 0. The fraction of sp³-hybridized carbons (Fsp3) is 0.636. The summed E-state index contributed by atoms with van der Waals surface area (Å²) < 4.78 is 0. The van der Waals surface area contributed by atoms with Crippen molar-refractivity contribution in [1.29, 1.82) is 0 Å². The summed E-state index contributed by atoms with van der Waals surface area (Å²) >= 11 is 0. The first kappa shape index (κ1) is 12.4. The van der Waals surface area contributed by atoms with Crippen LogP contribution in [0.4, 0.5) is 4.79 Å². The zero-order chi connectivity index (χ0) is 12.0. The van der Waals surface area contributed by atoms with Gasteiger partial charge in [0.25, 0.3) is 0 Å². The lowest BCUT2D eigenvalue weighted by molar-refractivity contribution is -0.138. The standard InChI is InChI=1S/C11H16N2O3/c1-2-3-5-12-11(16)13-6-4-9(8-13)7-10(14)15/h1,9H,3-8H2,(H,12,16)(H,14,15). The highest BCUT2D eigenvalue weighted by atomic mass is 16.4. The number of hydrogen-bond donors (Lipinski definition) is 2. The molecule has 1 aliphatic heterocycles. The van der Waals surface area contributed by atoms with E-state index >= 15 is 0 Å². The van der Waals surface area contributed by atoms with Gasteiger partial charge >= 0.3 is 12.0 Å². The van der Waals surface area contributed by atoms with E-state index in [2.05, 4.69) is 11.2 Å². The first-order valence-electron chi connectivity index (χ1n) is 5.31. The van der Waals surface area contributed by atoms with Crippen LogP contribution in [0.1, 0.15) is 19.3 Å². The molecule has 1 aliphatic rings. The van der Waals surface area contributed by atoms with Crippen LogP contribution in [-0.4, -0.2) is 41.6 Å². The third kappa shape index (κ3) is 3.81. The Balaban J connectivity index is 2.27. The van der Waals surface area contributed by atoms with Gasteiger partial charge in [-0.15, -0.1) is 12.3 Å². The van der Waals surface area contributed by atoms with Crippen LogP contribution in [0.5, 0.6) is 0 Å². The Morgan fingerprint density at radius 3 is 2.94 bits per heavy atom. The fourth-order valence-electron chi connectivity index (χ4n) is 1.78. The number of nitrogens with zero attached hydrogens (tertiary/aromatic N) is 1. The summed E-state index contributed by atoms with van der Waals surface area (Å²) in [6, 6.07) is -0.150. The van der Waals surface area contributed by atoms with Crippen molar-refractivity contribution in [2.24, 2.45) is 5.92 Å². The third-order valence-corrected chi connectivity index (χ3v) is 2.58. The Morgan fingerprint density at radius 2 is 2.31 bits per heavy atom. The summed E-state index contributed by atoms with van der Waals surface area (Å²) in [6.45, 7) is 1.61. The lowest BCUT2D eigenvalue weighted by atomic mass is 10.1. The van der Waals surface area contributed by atoms with Crippen molar-refractivity contribution >= 4 is 12.0 Å². The quantitative estimate of drug-likeness (QED) is 0.540. The van der Waals surface area contributed by atoms with Crippen LogP contribution in [-0.2, 0) is 4.79 Å². The number of carbonyl (C=O) groups is 2. The molecule has 5 nitrogen and oxygen atoms in total. The van der Waals surface area contributed by atoms with Gasteiger partial charge in [-0.25, -0.2) is 4.79 Å². The summed E-state index contributed by atoms with van der Waals surface area (Å²) in [4.78, 5) is 23.7. The molecular formula is C11H16N2O3. The number of rotatable bonds is 4. The van der Waals surface area contributed by atoms with E-state index in [9.17, 15) is 9.59 Å². The van der Waals surface area contributed by atoms with Gasteiger partial charge < -0.3 is 15.3 Å². The van der Waals surface area contributed by atoms with E-state index in [0.29, 0.717) is 26.1 Å². The molecule has 0 saturated carbocycles. The monoisotopic (exact) mass is 224 g/mol. The average Bonchev–Trinajstić information content (AvgIpc) is 2.65. The molecule has 2 N–H and O–H groups in total. The van der Waals surface area contributed by atoms with Gasteiger partial charge in [0.2, 0.25) is 0 Å². The van der Waals surface area contributed by atoms with Crippen LogP contribution in [0.2, 0.25) is 0 Å². The number of urea groups is 1. The minimum atomic E-state index is -0.806. The molecule has 1 heterocycles. The van der Waals surface area contributed by atoms with Crippen LogP contribution in [0.25, 0.3) is 0 Å². The number of nitrogens with one attached hydrogen (secondary N) is 1. The zero-order valence-electron chi connectivity index (χ0n) is 9.11. The molecule has 88 valence electrons. The minimum Gasteiger partial charge on any atom is -0.481 e. The van der Waals surface area contributed by atoms with Gasteiger partial charge in [0, 0.05) is 32.5 Å². The molecule has 0 aromatic carbocycles.